The fourth-order valence-electron chi connectivity index (χ4n) is 3.05. The van der Waals surface area contributed by atoms with Crippen LogP contribution in [0.25, 0.3) is 0 Å². The number of hydrogen-bond donors (Lipinski definition) is 4. The maximum atomic E-state index is 10.4. The van der Waals surface area contributed by atoms with E-state index in [1.807, 2.05) is 30.9 Å². The number of hydrogen-bond acceptors (Lipinski definition) is 5. The number of anilines is 1. The highest BCUT2D eigenvalue weighted by atomic mass is 32.1. The topological polar surface area (TPSA) is 82.1 Å². The molecule has 2 aromatic carbocycles. The molecule has 0 aromatic heterocycles. The van der Waals surface area contributed by atoms with Crippen molar-refractivity contribution in [3.8, 4) is 11.5 Å². The molecule has 2 rings (SSSR count). The smallest absolute Gasteiger partial charge is 0.164 e. The third-order valence-electron chi connectivity index (χ3n) is 4.57. The highest BCUT2D eigenvalue weighted by Crippen LogP contribution is 2.34. The molecule has 0 radical (unpaired) electrons. The molecule has 27 heavy (non-hydrogen) atoms. The normalized spacial score (nSPS) is 11.8. The monoisotopic (exact) mass is 387 g/mol. The first kappa shape index (κ1) is 21.0. The summed E-state index contributed by atoms with van der Waals surface area (Å²) in [5, 5.41) is 24.5. The number of phenols is 2. The molecule has 0 amide bonds. The molecule has 0 fully saturated rings. The Labute approximate surface area is 166 Å². The second-order valence-electron chi connectivity index (χ2n) is 6.88. The van der Waals surface area contributed by atoms with Crippen LogP contribution in [0.15, 0.2) is 41.5 Å². The quantitative estimate of drug-likeness (QED) is 0.140. The van der Waals surface area contributed by atoms with Crippen LogP contribution < -0.4 is 10.7 Å². The number of amidine groups is 1. The molecular formula is C21H29N3O2S. The third-order valence-corrected chi connectivity index (χ3v) is 4.85. The zero-order valence-electron chi connectivity index (χ0n) is 16.2. The number of aryl methyl sites for hydroxylation is 1. The van der Waals surface area contributed by atoms with Crippen LogP contribution in [0, 0.1) is 0 Å². The number of aromatic hydroxyl groups is 2. The average molecular weight is 388 g/mol. The Kier molecular flexibility index (Phi) is 7.42. The first-order valence-corrected chi connectivity index (χ1v) is 9.87. The van der Waals surface area contributed by atoms with Crippen LogP contribution in [0.2, 0.25) is 0 Å². The number of benzene rings is 2. The van der Waals surface area contributed by atoms with Gasteiger partial charge < -0.3 is 21.0 Å². The van der Waals surface area contributed by atoms with Gasteiger partial charge in [-0.1, -0.05) is 39.3 Å². The van der Waals surface area contributed by atoms with Crippen molar-refractivity contribution >= 4 is 24.2 Å². The van der Waals surface area contributed by atoms with E-state index in [0.29, 0.717) is 17.3 Å². The molecule has 0 spiro atoms. The molecule has 6 heteroatoms. The summed E-state index contributed by atoms with van der Waals surface area (Å²) in [6, 6.07) is 11.2. The second-order valence-corrected chi connectivity index (χ2v) is 7.16. The summed E-state index contributed by atoms with van der Waals surface area (Å²) in [6.45, 7) is 6.12. The molecule has 0 aliphatic rings. The lowest BCUT2D eigenvalue weighted by Crippen LogP contribution is -2.32. The highest BCUT2D eigenvalue weighted by Gasteiger charge is 2.21. The highest BCUT2D eigenvalue weighted by molar-refractivity contribution is 7.80. The van der Waals surface area contributed by atoms with Crippen LogP contribution in [0.3, 0.4) is 0 Å². The molecule has 0 atom stereocenters. The van der Waals surface area contributed by atoms with E-state index in [4.69, 9.17) is 5.84 Å². The van der Waals surface area contributed by atoms with E-state index in [1.165, 1.54) is 11.6 Å². The van der Waals surface area contributed by atoms with E-state index in [1.54, 1.807) is 6.07 Å². The largest absolute Gasteiger partial charge is 0.508 e. The first-order chi connectivity index (χ1) is 12.9. The van der Waals surface area contributed by atoms with Gasteiger partial charge in [-0.2, -0.15) is 17.7 Å². The number of rotatable bonds is 7. The summed E-state index contributed by atoms with van der Waals surface area (Å²) in [4.78, 5) is 1.84. The Morgan fingerprint density at radius 2 is 1.93 bits per heavy atom. The van der Waals surface area contributed by atoms with Gasteiger partial charge in [0.05, 0.1) is 11.4 Å². The maximum absolute atomic E-state index is 10.4. The molecule has 0 saturated carbocycles. The average Bonchev–Trinajstić information content (AvgIpc) is 2.65. The number of hydrazone groups is 1. The maximum Gasteiger partial charge on any atom is 0.164 e. The molecule has 0 bridgehead atoms. The molecule has 0 aliphatic carbocycles. The zero-order chi connectivity index (χ0) is 20.0. The number of thiol groups is 1. The number of unbranched alkanes of at least 4 members (excludes halogenated alkanes) is 1. The van der Waals surface area contributed by atoms with E-state index in [9.17, 15) is 10.2 Å². The minimum Gasteiger partial charge on any atom is -0.508 e. The summed E-state index contributed by atoms with van der Waals surface area (Å²) in [5.41, 5.74) is 3.32. The third kappa shape index (κ3) is 4.89. The molecule has 4 N–H and O–H groups in total. The Balaban J connectivity index is 2.48. The zero-order valence-corrected chi connectivity index (χ0v) is 17.1. The lowest BCUT2D eigenvalue weighted by Gasteiger charge is -2.25. The van der Waals surface area contributed by atoms with E-state index in [0.717, 1.165) is 30.5 Å². The summed E-state index contributed by atoms with van der Waals surface area (Å²) >= 11 is 4.45. The van der Waals surface area contributed by atoms with Crippen LogP contribution in [0.4, 0.5) is 5.69 Å². The fraction of sp³-hybridized carbons (Fsp3) is 0.381. The molecule has 0 heterocycles. The first-order valence-electron chi connectivity index (χ1n) is 9.24. The second kappa shape index (κ2) is 9.55. The number of nitrogens with zero attached hydrogens (tertiary/aromatic N) is 2. The van der Waals surface area contributed by atoms with Crippen molar-refractivity contribution in [1.82, 2.24) is 0 Å². The van der Waals surface area contributed by atoms with Crippen LogP contribution in [0.1, 0.15) is 56.2 Å². The van der Waals surface area contributed by atoms with Crippen molar-refractivity contribution in [1.29, 1.82) is 0 Å². The van der Waals surface area contributed by atoms with Crippen LogP contribution in [-0.4, -0.2) is 21.9 Å². The fourth-order valence-corrected chi connectivity index (χ4v) is 3.35. The molecule has 2 aromatic rings. The van der Waals surface area contributed by atoms with Gasteiger partial charge in [0.2, 0.25) is 0 Å². The van der Waals surface area contributed by atoms with Gasteiger partial charge in [0.15, 0.2) is 5.84 Å². The molecule has 0 aliphatic heterocycles. The van der Waals surface area contributed by atoms with Crippen LogP contribution in [0.5, 0.6) is 11.5 Å². The SMILES string of the molecule is CCCCc1cccc(N(CS)/C(=N\N)c2cc(C(C)C)c(O)cc2O)c1. The lowest BCUT2D eigenvalue weighted by molar-refractivity contribution is 0.443. The van der Waals surface area contributed by atoms with Gasteiger partial charge in [-0.15, -0.1) is 0 Å². The van der Waals surface area contributed by atoms with Gasteiger partial charge in [0.1, 0.15) is 11.5 Å². The standard InChI is InChI=1S/C21H29N3O2S/c1-4-5-7-15-8-6-9-16(10-15)24(13-27)21(23-22)18-11-17(14(2)3)19(25)12-20(18)26/h6,8-12,14,25-27H,4-5,7,13,22H2,1-3H3/b23-21-. The molecule has 0 unspecified atom stereocenters. The number of nitrogens with two attached hydrogens (primary N) is 1. The summed E-state index contributed by atoms with van der Waals surface area (Å²) in [6.07, 6.45) is 3.26. The van der Waals surface area contributed by atoms with Gasteiger partial charge in [-0.3, -0.25) is 0 Å². The predicted molar refractivity (Wildman–Crippen MR) is 116 cm³/mol. The Bertz CT molecular complexity index is 806. The predicted octanol–water partition coefficient (Wildman–Crippen LogP) is 4.58. The summed E-state index contributed by atoms with van der Waals surface area (Å²) in [7, 11) is 0. The molecule has 0 saturated heterocycles. The Morgan fingerprint density at radius 1 is 1.19 bits per heavy atom. The van der Waals surface area contributed by atoms with Gasteiger partial charge in [-0.25, -0.2) is 0 Å². The van der Waals surface area contributed by atoms with Crippen molar-refractivity contribution < 1.29 is 10.2 Å². The van der Waals surface area contributed by atoms with E-state index < -0.39 is 0 Å². The van der Waals surface area contributed by atoms with Crippen LogP contribution >= 0.6 is 12.6 Å². The van der Waals surface area contributed by atoms with Crippen LogP contribution in [-0.2, 0) is 6.42 Å². The van der Waals surface area contributed by atoms with Gasteiger partial charge in [0, 0.05) is 11.8 Å². The molecule has 146 valence electrons. The number of phenolic OH excluding ortho intramolecular Hbond substituents is 2. The molecule has 5 nitrogen and oxygen atoms in total. The summed E-state index contributed by atoms with van der Waals surface area (Å²) in [5.74, 6) is 6.52. The minimum atomic E-state index is -0.0741. The van der Waals surface area contributed by atoms with Gasteiger partial charge in [0.25, 0.3) is 0 Å². The van der Waals surface area contributed by atoms with Crippen molar-refractivity contribution in [3.63, 3.8) is 0 Å². The van der Waals surface area contributed by atoms with Gasteiger partial charge >= 0.3 is 0 Å². The van der Waals surface area contributed by atoms with Crippen molar-refractivity contribution in [2.45, 2.75) is 46.0 Å². The summed E-state index contributed by atoms with van der Waals surface area (Å²) < 4.78 is 0. The van der Waals surface area contributed by atoms with Crippen molar-refractivity contribution in [2.75, 3.05) is 10.8 Å². The van der Waals surface area contributed by atoms with Crippen molar-refractivity contribution in [2.24, 2.45) is 10.9 Å². The Hall–Kier alpha value is -2.34. The van der Waals surface area contributed by atoms with Gasteiger partial charge in [-0.05, 0) is 48.1 Å². The van der Waals surface area contributed by atoms with E-state index in [-0.39, 0.29) is 17.4 Å². The van der Waals surface area contributed by atoms with Crippen molar-refractivity contribution in [3.05, 3.63) is 53.1 Å². The van der Waals surface area contributed by atoms with E-state index in [2.05, 4.69) is 36.8 Å². The molecular weight excluding hydrogens is 358 g/mol. The Morgan fingerprint density at radius 3 is 2.52 bits per heavy atom. The van der Waals surface area contributed by atoms with E-state index >= 15 is 0 Å². The lowest BCUT2D eigenvalue weighted by atomic mass is 9.98. The minimum absolute atomic E-state index is 0.0570.